The highest BCUT2D eigenvalue weighted by Gasteiger charge is 2.43. The third kappa shape index (κ3) is 4.13. The first-order valence-corrected chi connectivity index (χ1v) is 12.8. The van der Waals surface area contributed by atoms with E-state index >= 15 is 0 Å². The van der Waals surface area contributed by atoms with Crippen LogP contribution in [0.25, 0.3) is 5.69 Å². The number of nitrogens with zero attached hydrogens (tertiary/aromatic N) is 3. The third-order valence-electron chi connectivity index (χ3n) is 6.88. The number of thiocarbonyl (C=S) groups is 1. The van der Waals surface area contributed by atoms with Crippen LogP contribution >= 0.6 is 35.4 Å². The van der Waals surface area contributed by atoms with Crippen molar-refractivity contribution in [3.8, 4) is 11.4 Å². The molecule has 4 aromatic rings. The van der Waals surface area contributed by atoms with Crippen molar-refractivity contribution in [1.82, 2.24) is 14.9 Å². The number of halogens is 2. The number of anilines is 1. The van der Waals surface area contributed by atoms with Crippen molar-refractivity contribution in [2.24, 2.45) is 0 Å². The highest BCUT2D eigenvalue weighted by molar-refractivity contribution is 7.80. The molecule has 1 N–H and O–H groups in total. The molecule has 1 aliphatic rings. The summed E-state index contributed by atoms with van der Waals surface area (Å²) in [6.07, 6.45) is 1.81. The largest absolute Gasteiger partial charge is 0.495 e. The topological polar surface area (TPSA) is 42.3 Å². The normalized spacial score (nSPS) is 17.4. The second kappa shape index (κ2) is 9.77. The van der Waals surface area contributed by atoms with Gasteiger partial charge in [-0.3, -0.25) is 4.98 Å². The van der Waals surface area contributed by atoms with Gasteiger partial charge in [0.15, 0.2) is 5.11 Å². The Bertz CT molecular complexity index is 1450. The second-order valence-corrected chi connectivity index (χ2v) is 10.1. The average Bonchev–Trinajstić information content (AvgIpc) is 3.31. The molecule has 36 heavy (non-hydrogen) atoms. The summed E-state index contributed by atoms with van der Waals surface area (Å²) in [4.78, 5) is 6.82. The van der Waals surface area contributed by atoms with Gasteiger partial charge in [-0.2, -0.15) is 0 Å². The monoisotopic (exact) mass is 536 g/mol. The Balaban J connectivity index is 1.73. The summed E-state index contributed by atoms with van der Waals surface area (Å²) >= 11 is 18.8. The number of methoxy groups -OCH3 is 1. The van der Waals surface area contributed by atoms with Gasteiger partial charge in [0.05, 0.1) is 29.9 Å². The smallest absolute Gasteiger partial charge is 0.174 e. The molecule has 184 valence electrons. The van der Waals surface area contributed by atoms with E-state index in [1.807, 2.05) is 60.8 Å². The van der Waals surface area contributed by atoms with E-state index in [9.17, 15) is 0 Å². The molecule has 0 radical (unpaired) electrons. The van der Waals surface area contributed by atoms with E-state index in [4.69, 9.17) is 40.2 Å². The minimum atomic E-state index is -0.161. The van der Waals surface area contributed by atoms with Gasteiger partial charge >= 0.3 is 0 Å². The molecule has 1 aliphatic heterocycles. The molecule has 0 saturated carbocycles. The maximum absolute atomic E-state index is 6.55. The van der Waals surface area contributed by atoms with Crippen molar-refractivity contribution in [3.05, 3.63) is 105 Å². The van der Waals surface area contributed by atoms with Gasteiger partial charge < -0.3 is 19.5 Å². The van der Waals surface area contributed by atoms with E-state index in [2.05, 4.69) is 46.6 Å². The number of ether oxygens (including phenoxy) is 1. The number of hydrogen-bond acceptors (Lipinski definition) is 3. The number of rotatable bonds is 5. The van der Waals surface area contributed by atoms with Crippen molar-refractivity contribution in [3.63, 3.8) is 0 Å². The molecule has 8 heteroatoms. The lowest BCUT2D eigenvalue weighted by atomic mass is 9.93. The van der Waals surface area contributed by atoms with Gasteiger partial charge in [-0.15, -0.1) is 0 Å². The molecular weight excluding hydrogens is 511 g/mol. The van der Waals surface area contributed by atoms with E-state index in [1.54, 1.807) is 7.11 Å². The third-order valence-corrected chi connectivity index (χ3v) is 7.73. The molecular formula is C28H26Cl2N4OS. The fourth-order valence-electron chi connectivity index (χ4n) is 5.18. The molecule has 0 amide bonds. The first kappa shape index (κ1) is 24.6. The zero-order valence-electron chi connectivity index (χ0n) is 20.4. The van der Waals surface area contributed by atoms with E-state index in [0.29, 0.717) is 20.9 Å². The van der Waals surface area contributed by atoms with Crippen LogP contribution in [0.1, 0.15) is 40.3 Å². The molecule has 5 rings (SSSR count). The first-order valence-electron chi connectivity index (χ1n) is 11.6. The number of hydrogen-bond donors (Lipinski definition) is 1. The zero-order chi connectivity index (χ0) is 25.6. The Labute approximate surface area is 226 Å². The summed E-state index contributed by atoms with van der Waals surface area (Å²) in [6.45, 7) is 6.44. The summed E-state index contributed by atoms with van der Waals surface area (Å²) in [6, 6.07) is 19.3. The van der Waals surface area contributed by atoms with Crippen LogP contribution in [-0.2, 0) is 0 Å². The predicted molar refractivity (Wildman–Crippen MR) is 151 cm³/mol. The van der Waals surface area contributed by atoms with Crippen LogP contribution in [-0.4, -0.2) is 21.8 Å². The van der Waals surface area contributed by atoms with Crippen molar-refractivity contribution < 1.29 is 4.74 Å². The molecule has 2 aromatic heterocycles. The van der Waals surface area contributed by atoms with Gasteiger partial charge in [0, 0.05) is 39.5 Å². The van der Waals surface area contributed by atoms with E-state index in [0.717, 1.165) is 28.5 Å². The Morgan fingerprint density at radius 1 is 0.944 bits per heavy atom. The maximum atomic E-state index is 6.55. The molecule has 2 aromatic carbocycles. The summed E-state index contributed by atoms with van der Waals surface area (Å²) in [5.41, 5.74) is 7.46. The van der Waals surface area contributed by atoms with Crippen molar-refractivity contribution in [2.75, 3.05) is 12.0 Å². The highest BCUT2D eigenvalue weighted by atomic mass is 35.5. The lowest BCUT2D eigenvalue weighted by molar-refractivity contribution is 0.415. The summed E-state index contributed by atoms with van der Waals surface area (Å²) in [7, 11) is 1.61. The molecule has 2 atom stereocenters. The van der Waals surface area contributed by atoms with Crippen molar-refractivity contribution in [1.29, 1.82) is 0 Å². The van der Waals surface area contributed by atoms with Gasteiger partial charge in [-0.05, 0) is 87.1 Å². The Kier molecular flexibility index (Phi) is 6.68. The Morgan fingerprint density at radius 2 is 1.75 bits per heavy atom. The SMILES string of the molecule is COc1ccc(N2C(=S)N[C@H](c3ccccn3)[C@H]2c2c(C)c(C)n(-c3cccc(Cl)c3)c2C)cc1Cl. The van der Waals surface area contributed by atoms with E-state index in [-0.39, 0.29) is 12.1 Å². The number of pyridine rings is 1. The van der Waals surface area contributed by atoms with Crippen molar-refractivity contribution in [2.45, 2.75) is 32.9 Å². The zero-order valence-corrected chi connectivity index (χ0v) is 22.7. The van der Waals surface area contributed by atoms with Crippen LogP contribution in [0.2, 0.25) is 10.0 Å². The molecule has 3 heterocycles. The molecule has 0 bridgehead atoms. The number of benzene rings is 2. The van der Waals surface area contributed by atoms with Crippen LogP contribution < -0.4 is 15.0 Å². The first-order chi connectivity index (χ1) is 17.3. The lowest BCUT2D eigenvalue weighted by Crippen LogP contribution is -2.29. The minimum Gasteiger partial charge on any atom is -0.495 e. The van der Waals surface area contributed by atoms with Crippen LogP contribution in [0.3, 0.4) is 0 Å². The standard InChI is InChI=1S/C28H26Cl2N4OS/c1-16-17(2)33(20-9-7-8-19(29)14-20)18(3)25(16)27-26(23-10-5-6-13-31-23)32-28(36)34(27)21-11-12-24(35-4)22(30)15-21/h5-15,26-27H,1-4H3,(H,32,36)/t26-,27-/m1/s1. The Hall–Kier alpha value is -3.06. The predicted octanol–water partition coefficient (Wildman–Crippen LogP) is 7.29. The van der Waals surface area contributed by atoms with Gasteiger partial charge in [-0.25, -0.2) is 0 Å². The van der Waals surface area contributed by atoms with Gasteiger partial charge in [0.2, 0.25) is 0 Å². The van der Waals surface area contributed by atoms with E-state index in [1.165, 1.54) is 11.1 Å². The van der Waals surface area contributed by atoms with Crippen LogP contribution in [0.15, 0.2) is 66.9 Å². The van der Waals surface area contributed by atoms with Crippen LogP contribution in [0.4, 0.5) is 5.69 Å². The van der Waals surface area contributed by atoms with Crippen molar-refractivity contribution >= 4 is 46.2 Å². The summed E-state index contributed by atoms with van der Waals surface area (Å²) < 4.78 is 7.64. The summed E-state index contributed by atoms with van der Waals surface area (Å²) in [5.74, 6) is 0.617. The van der Waals surface area contributed by atoms with Crippen LogP contribution in [0.5, 0.6) is 5.75 Å². The highest BCUT2D eigenvalue weighted by Crippen LogP contribution is 2.46. The Morgan fingerprint density at radius 3 is 2.42 bits per heavy atom. The van der Waals surface area contributed by atoms with E-state index < -0.39 is 0 Å². The van der Waals surface area contributed by atoms with Crippen LogP contribution in [0, 0.1) is 20.8 Å². The minimum absolute atomic E-state index is 0.156. The van der Waals surface area contributed by atoms with Gasteiger partial charge in [-0.1, -0.05) is 35.3 Å². The fourth-order valence-corrected chi connectivity index (χ4v) is 5.96. The fraction of sp³-hybridized carbons (Fsp3) is 0.214. The molecule has 5 nitrogen and oxygen atoms in total. The molecule has 0 unspecified atom stereocenters. The molecule has 1 fully saturated rings. The molecule has 1 saturated heterocycles. The molecule has 0 spiro atoms. The van der Waals surface area contributed by atoms with Gasteiger partial charge in [0.1, 0.15) is 5.75 Å². The quantitative estimate of drug-likeness (QED) is 0.271. The number of nitrogens with one attached hydrogen (secondary N) is 1. The summed E-state index contributed by atoms with van der Waals surface area (Å²) in [5, 5.41) is 5.38. The maximum Gasteiger partial charge on any atom is 0.174 e. The number of aromatic nitrogens is 2. The lowest BCUT2D eigenvalue weighted by Gasteiger charge is -2.29. The van der Waals surface area contributed by atoms with Gasteiger partial charge in [0.25, 0.3) is 0 Å². The second-order valence-electron chi connectivity index (χ2n) is 8.84. The average molecular weight is 538 g/mol. The molecule has 0 aliphatic carbocycles.